The molecule has 0 spiro atoms. The van der Waals surface area contributed by atoms with Gasteiger partial charge in [0.05, 0.1) is 16.4 Å². The molecule has 0 bridgehead atoms. The lowest BCUT2D eigenvalue weighted by molar-refractivity contribution is 0.102. The summed E-state index contributed by atoms with van der Waals surface area (Å²) in [6, 6.07) is 17.7. The molecule has 0 aliphatic carbocycles. The first-order chi connectivity index (χ1) is 18.2. The Morgan fingerprint density at radius 1 is 0.974 bits per heavy atom. The number of amides is 1. The lowest BCUT2D eigenvalue weighted by Crippen LogP contribution is -2.23. The number of hydrogen-bond acceptors (Lipinski definition) is 6. The molecule has 2 N–H and O–H groups in total. The highest BCUT2D eigenvalue weighted by Gasteiger charge is 2.25. The third kappa shape index (κ3) is 4.73. The second-order valence-electron chi connectivity index (χ2n) is 8.50. The number of nitrogens with one attached hydrogen (secondary N) is 2. The molecule has 0 fully saturated rings. The lowest BCUT2D eigenvalue weighted by Gasteiger charge is -2.19. The van der Waals surface area contributed by atoms with E-state index in [4.69, 9.17) is 21.1 Å². The highest BCUT2D eigenvalue weighted by atomic mass is 35.5. The Morgan fingerprint density at radius 3 is 2.42 bits per heavy atom. The number of anilines is 2. The van der Waals surface area contributed by atoms with Crippen molar-refractivity contribution in [3.63, 3.8) is 0 Å². The Balaban J connectivity index is 1.43. The van der Waals surface area contributed by atoms with E-state index < -0.39 is 21.5 Å². The van der Waals surface area contributed by atoms with Crippen molar-refractivity contribution in [3.05, 3.63) is 93.4 Å². The van der Waals surface area contributed by atoms with Crippen molar-refractivity contribution in [2.75, 3.05) is 23.3 Å². The number of rotatable bonds is 6. The van der Waals surface area contributed by atoms with Crippen molar-refractivity contribution < 1.29 is 22.7 Å². The molecule has 0 radical (unpaired) electrons. The molecule has 1 amide bonds. The molecule has 5 rings (SSSR count). The molecule has 3 aromatic carbocycles. The molecule has 38 heavy (non-hydrogen) atoms. The van der Waals surface area contributed by atoms with Gasteiger partial charge in [0, 0.05) is 24.4 Å². The summed E-state index contributed by atoms with van der Waals surface area (Å²) in [5.74, 6) is 0.511. The van der Waals surface area contributed by atoms with Crippen molar-refractivity contribution in [2.45, 2.75) is 11.8 Å². The van der Waals surface area contributed by atoms with Gasteiger partial charge in [-0.25, -0.2) is 13.1 Å². The van der Waals surface area contributed by atoms with Crippen LogP contribution in [-0.4, -0.2) is 36.9 Å². The molecule has 2 heterocycles. The Bertz CT molecular complexity index is 1710. The van der Waals surface area contributed by atoms with E-state index >= 15 is 0 Å². The maximum Gasteiger partial charge on any atom is 0.296 e. The molecule has 0 saturated carbocycles. The summed E-state index contributed by atoms with van der Waals surface area (Å²) in [6.07, 6.45) is 0. The van der Waals surface area contributed by atoms with Crippen LogP contribution in [0.3, 0.4) is 0 Å². The molecule has 1 aromatic heterocycles. The van der Waals surface area contributed by atoms with Gasteiger partial charge in [0.2, 0.25) is 0 Å². The topological polar surface area (TPSA) is 121 Å². The quantitative estimate of drug-likeness (QED) is 0.372. The van der Waals surface area contributed by atoms with E-state index in [0.717, 1.165) is 6.07 Å². The van der Waals surface area contributed by atoms with Crippen molar-refractivity contribution >= 4 is 38.9 Å². The number of sulfonamides is 1. The van der Waals surface area contributed by atoms with E-state index in [-0.39, 0.29) is 21.2 Å². The Hall–Kier alpha value is -4.22. The largest absolute Gasteiger partial charge is 0.486 e. The SMILES string of the molecule is Cc1c(NS(=O)(=O)c2cc(C(=O)Nc3ccc4c(c3)OCCO4)ccc2Cl)c(=O)n(-c2ccccc2)n1C. The Morgan fingerprint density at radius 2 is 1.68 bits per heavy atom. The third-order valence-electron chi connectivity index (χ3n) is 6.07. The fraction of sp³-hybridized carbons (Fsp3) is 0.154. The Labute approximate surface area is 223 Å². The fourth-order valence-electron chi connectivity index (χ4n) is 4.05. The predicted molar refractivity (Wildman–Crippen MR) is 143 cm³/mol. The average Bonchev–Trinajstić information content (AvgIpc) is 3.11. The summed E-state index contributed by atoms with van der Waals surface area (Å²) in [5, 5.41) is 2.61. The molecule has 10 nitrogen and oxygen atoms in total. The predicted octanol–water partition coefficient (Wildman–Crippen LogP) is 3.96. The van der Waals surface area contributed by atoms with Crippen LogP contribution in [-0.2, 0) is 17.1 Å². The van der Waals surface area contributed by atoms with Crippen LogP contribution in [0.4, 0.5) is 11.4 Å². The van der Waals surface area contributed by atoms with Crippen LogP contribution in [0.5, 0.6) is 11.5 Å². The van der Waals surface area contributed by atoms with Gasteiger partial charge in [-0.3, -0.25) is 19.0 Å². The van der Waals surface area contributed by atoms with E-state index in [0.29, 0.717) is 41.8 Å². The van der Waals surface area contributed by atoms with E-state index in [1.807, 2.05) is 6.07 Å². The minimum absolute atomic E-state index is 0.0520. The lowest BCUT2D eigenvalue weighted by atomic mass is 10.2. The van der Waals surface area contributed by atoms with Gasteiger partial charge >= 0.3 is 0 Å². The number of aromatic nitrogens is 2. The summed E-state index contributed by atoms with van der Waals surface area (Å²) in [6.45, 7) is 2.46. The Kier molecular flexibility index (Phi) is 6.64. The van der Waals surface area contributed by atoms with Gasteiger partial charge in [-0.2, -0.15) is 0 Å². The van der Waals surface area contributed by atoms with Crippen LogP contribution < -0.4 is 25.1 Å². The second-order valence-corrected chi connectivity index (χ2v) is 10.6. The molecular weight excluding hydrogens is 532 g/mol. The molecule has 12 heteroatoms. The number of hydrogen-bond donors (Lipinski definition) is 2. The van der Waals surface area contributed by atoms with Crippen LogP contribution in [0.1, 0.15) is 16.1 Å². The third-order valence-corrected chi connectivity index (χ3v) is 7.90. The first-order valence-corrected chi connectivity index (χ1v) is 13.4. The number of ether oxygens (including phenoxy) is 2. The van der Waals surface area contributed by atoms with Crippen molar-refractivity contribution in [3.8, 4) is 17.2 Å². The normalized spacial score (nSPS) is 12.7. The van der Waals surface area contributed by atoms with E-state index in [9.17, 15) is 18.0 Å². The number of halogens is 1. The number of nitrogens with zero attached hydrogens (tertiary/aromatic N) is 2. The standard InChI is InChI=1S/C26H23ClN4O6S/c1-16-24(26(33)31(30(16)2)19-6-4-3-5-7-19)29-38(34,35)23-14-17(8-10-20(23)27)25(32)28-18-9-11-21-22(15-18)37-13-12-36-21/h3-11,14-15,29H,12-13H2,1-2H3,(H,28,32). The van der Waals surface area contributed by atoms with Crippen LogP contribution in [0.25, 0.3) is 5.69 Å². The first-order valence-electron chi connectivity index (χ1n) is 11.5. The summed E-state index contributed by atoms with van der Waals surface area (Å²) in [5.41, 5.74) is 0.784. The van der Waals surface area contributed by atoms with Crippen LogP contribution in [0.15, 0.2) is 76.4 Å². The fourth-order valence-corrected chi connectivity index (χ4v) is 5.69. The van der Waals surface area contributed by atoms with Gasteiger partial charge < -0.3 is 14.8 Å². The summed E-state index contributed by atoms with van der Waals surface area (Å²) < 4.78 is 43.0. The zero-order valence-corrected chi connectivity index (χ0v) is 22.0. The molecule has 196 valence electrons. The number of carbonyl (C=O) groups excluding carboxylic acids is 1. The van der Waals surface area contributed by atoms with E-state index in [1.54, 1.807) is 61.1 Å². The van der Waals surface area contributed by atoms with Gasteiger partial charge in [-0.05, 0) is 49.4 Å². The van der Waals surface area contributed by atoms with Gasteiger partial charge in [0.25, 0.3) is 21.5 Å². The zero-order valence-electron chi connectivity index (χ0n) is 20.4. The molecule has 1 aliphatic rings. The van der Waals surface area contributed by atoms with Gasteiger partial charge in [0.15, 0.2) is 11.5 Å². The smallest absolute Gasteiger partial charge is 0.296 e. The highest BCUT2D eigenvalue weighted by molar-refractivity contribution is 7.92. The number of benzene rings is 3. The average molecular weight is 555 g/mol. The van der Waals surface area contributed by atoms with Crippen LogP contribution in [0.2, 0.25) is 5.02 Å². The van der Waals surface area contributed by atoms with Crippen molar-refractivity contribution in [1.82, 2.24) is 9.36 Å². The van der Waals surface area contributed by atoms with Crippen molar-refractivity contribution in [1.29, 1.82) is 0 Å². The van der Waals surface area contributed by atoms with Gasteiger partial charge in [-0.1, -0.05) is 29.8 Å². The summed E-state index contributed by atoms with van der Waals surface area (Å²) in [7, 11) is -2.69. The molecule has 0 atom stereocenters. The van der Waals surface area contributed by atoms with E-state index in [1.165, 1.54) is 16.8 Å². The second kappa shape index (κ2) is 9.92. The number of fused-ring (bicyclic) bond motifs is 1. The maximum atomic E-state index is 13.4. The van der Waals surface area contributed by atoms with Crippen LogP contribution >= 0.6 is 11.6 Å². The minimum Gasteiger partial charge on any atom is -0.486 e. The monoisotopic (exact) mass is 554 g/mol. The minimum atomic E-state index is -4.34. The van der Waals surface area contributed by atoms with Crippen LogP contribution in [0, 0.1) is 6.92 Å². The number of para-hydroxylation sites is 1. The van der Waals surface area contributed by atoms with Gasteiger partial charge in [-0.15, -0.1) is 0 Å². The zero-order chi connectivity index (χ0) is 27.0. The number of carbonyl (C=O) groups is 1. The molecule has 0 saturated heterocycles. The molecular formula is C26H23ClN4O6S. The van der Waals surface area contributed by atoms with Gasteiger partial charge in [0.1, 0.15) is 23.8 Å². The highest BCUT2D eigenvalue weighted by Crippen LogP contribution is 2.33. The molecule has 0 unspecified atom stereocenters. The molecule has 1 aliphatic heterocycles. The first kappa shape index (κ1) is 25.4. The summed E-state index contributed by atoms with van der Waals surface area (Å²) in [4.78, 5) is 25.8. The molecule has 4 aromatic rings. The summed E-state index contributed by atoms with van der Waals surface area (Å²) >= 11 is 6.23. The maximum absolute atomic E-state index is 13.4. The van der Waals surface area contributed by atoms with E-state index in [2.05, 4.69) is 10.0 Å². The van der Waals surface area contributed by atoms with Crippen molar-refractivity contribution in [2.24, 2.45) is 7.05 Å².